The molecule has 1 aromatic carbocycles. The van der Waals surface area contributed by atoms with E-state index in [1.807, 2.05) is 6.92 Å². The number of benzene rings is 1. The van der Waals surface area contributed by atoms with Gasteiger partial charge in [-0.2, -0.15) is 0 Å². The molecule has 0 aliphatic heterocycles. The third-order valence-corrected chi connectivity index (χ3v) is 8.23. The molecule has 0 radical (unpaired) electrons. The lowest BCUT2D eigenvalue weighted by molar-refractivity contribution is -0.170. The predicted octanol–water partition coefficient (Wildman–Crippen LogP) is 3.20. The van der Waals surface area contributed by atoms with Gasteiger partial charge in [0.15, 0.2) is 0 Å². The number of carboxylic acid groups (broad SMARTS) is 1. The Hall–Kier alpha value is -2.03. The molecular formula is C23H29Cl2N3O5. The number of carboxylic acids is 1. The van der Waals surface area contributed by atoms with E-state index in [4.69, 9.17) is 23.2 Å². The molecule has 4 aliphatic rings. The maximum Gasteiger partial charge on any atom is 0.328 e. The molecule has 4 fully saturated rings. The normalized spacial score (nSPS) is 31.5. The molecule has 4 bridgehead atoms. The van der Waals surface area contributed by atoms with Gasteiger partial charge in [0.05, 0.1) is 27.8 Å². The maximum absolute atomic E-state index is 12.6. The van der Waals surface area contributed by atoms with Crippen molar-refractivity contribution in [2.45, 2.75) is 63.1 Å². The van der Waals surface area contributed by atoms with Crippen molar-refractivity contribution >= 4 is 41.1 Å². The van der Waals surface area contributed by atoms with Crippen molar-refractivity contribution in [2.24, 2.45) is 17.3 Å². The van der Waals surface area contributed by atoms with Crippen LogP contribution in [-0.4, -0.2) is 52.4 Å². The van der Waals surface area contributed by atoms with E-state index in [1.165, 1.54) is 12.1 Å². The molecular weight excluding hydrogens is 469 g/mol. The highest BCUT2D eigenvalue weighted by atomic mass is 35.5. The zero-order chi connectivity index (χ0) is 24.0. The summed E-state index contributed by atoms with van der Waals surface area (Å²) in [4.78, 5) is 36.8. The fraction of sp³-hybridized carbons (Fsp3) is 0.609. The Morgan fingerprint density at radius 2 is 1.70 bits per heavy atom. The van der Waals surface area contributed by atoms with Gasteiger partial charge in [-0.1, -0.05) is 29.3 Å². The van der Waals surface area contributed by atoms with Gasteiger partial charge in [-0.15, -0.1) is 0 Å². The minimum atomic E-state index is -1.37. The molecule has 8 nitrogen and oxygen atoms in total. The average Bonchev–Trinajstić information content (AvgIpc) is 2.68. The van der Waals surface area contributed by atoms with Gasteiger partial charge in [-0.05, 0) is 74.8 Å². The maximum atomic E-state index is 12.6. The molecule has 0 aromatic heterocycles. The monoisotopic (exact) mass is 497 g/mol. The minimum Gasteiger partial charge on any atom is -0.480 e. The summed E-state index contributed by atoms with van der Waals surface area (Å²) in [6.45, 7) is 1.63. The van der Waals surface area contributed by atoms with Crippen LogP contribution in [0.25, 0.3) is 0 Å². The van der Waals surface area contributed by atoms with E-state index in [0.717, 1.165) is 32.1 Å². The first-order chi connectivity index (χ1) is 15.5. The van der Waals surface area contributed by atoms with Gasteiger partial charge in [-0.25, -0.2) is 9.59 Å². The molecule has 3 unspecified atom stereocenters. The van der Waals surface area contributed by atoms with Crippen molar-refractivity contribution in [3.8, 4) is 0 Å². The quantitative estimate of drug-likeness (QED) is 0.395. The Morgan fingerprint density at radius 1 is 1.09 bits per heavy atom. The fourth-order valence-electron chi connectivity index (χ4n) is 6.53. The molecule has 10 heteroatoms. The Kier molecular flexibility index (Phi) is 6.55. The summed E-state index contributed by atoms with van der Waals surface area (Å²) in [5.41, 5.74) is -0.794. The van der Waals surface area contributed by atoms with Gasteiger partial charge < -0.3 is 26.2 Å². The van der Waals surface area contributed by atoms with E-state index in [-0.39, 0.29) is 33.6 Å². The lowest BCUT2D eigenvalue weighted by atomic mass is 9.46. The SMILES string of the molecule is CC(NC(=O)NC[C@H](NC(=O)c1c(Cl)cccc1Cl)C(=O)O)C12CC3CC(CC(O)(C3)C1)C2. The summed E-state index contributed by atoms with van der Waals surface area (Å²) in [6.07, 6.45) is 5.50. The van der Waals surface area contributed by atoms with Gasteiger partial charge in [0, 0.05) is 6.04 Å². The van der Waals surface area contributed by atoms with E-state index in [9.17, 15) is 24.6 Å². The number of amides is 3. The van der Waals surface area contributed by atoms with Crippen molar-refractivity contribution in [2.75, 3.05) is 6.54 Å². The first-order valence-corrected chi connectivity index (χ1v) is 12.0. The lowest BCUT2D eigenvalue weighted by Gasteiger charge is -2.62. The third-order valence-electron chi connectivity index (χ3n) is 7.60. The number of rotatable bonds is 7. The topological polar surface area (TPSA) is 128 Å². The highest BCUT2D eigenvalue weighted by Crippen LogP contribution is 2.62. The van der Waals surface area contributed by atoms with Crippen molar-refractivity contribution in [1.29, 1.82) is 0 Å². The van der Waals surface area contributed by atoms with E-state index >= 15 is 0 Å². The highest BCUT2D eigenvalue weighted by Gasteiger charge is 2.59. The number of hydrogen-bond donors (Lipinski definition) is 5. The molecule has 33 heavy (non-hydrogen) atoms. The second-order valence-electron chi connectivity index (χ2n) is 10.1. The fourth-order valence-corrected chi connectivity index (χ4v) is 7.10. The van der Waals surface area contributed by atoms with Gasteiger partial charge in [0.2, 0.25) is 0 Å². The largest absolute Gasteiger partial charge is 0.480 e. The molecule has 3 amide bonds. The second kappa shape index (κ2) is 8.96. The van der Waals surface area contributed by atoms with Crippen molar-refractivity contribution in [3.63, 3.8) is 0 Å². The summed E-state index contributed by atoms with van der Waals surface area (Å²) in [6, 6.07) is 2.48. The number of aliphatic hydroxyl groups is 1. The zero-order valence-corrected chi connectivity index (χ0v) is 19.9. The van der Waals surface area contributed by atoms with Crippen LogP contribution < -0.4 is 16.0 Å². The third kappa shape index (κ3) is 4.93. The van der Waals surface area contributed by atoms with Crippen LogP contribution in [0.5, 0.6) is 0 Å². The first-order valence-electron chi connectivity index (χ1n) is 11.2. The summed E-state index contributed by atoms with van der Waals surface area (Å²) < 4.78 is 0. The number of nitrogens with one attached hydrogen (secondary N) is 3. The van der Waals surface area contributed by atoms with Gasteiger partial charge in [0.25, 0.3) is 5.91 Å². The van der Waals surface area contributed by atoms with Crippen LogP contribution in [0.1, 0.15) is 55.8 Å². The van der Waals surface area contributed by atoms with Crippen LogP contribution >= 0.6 is 23.2 Å². The Labute approximate surface area is 202 Å². The molecule has 4 aliphatic carbocycles. The summed E-state index contributed by atoms with van der Waals surface area (Å²) in [7, 11) is 0. The van der Waals surface area contributed by atoms with E-state index in [1.54, 1.807) is 6.07 Å². The number of aliphatic carboxylic acids is 1. The Bertz CT molecular complexity index is 937. The smallest absolute Gasteiger partial charge is 0.328 e. The molecule has 5 rings (SSSR count). The Morgan fingerprint density at radius 3 is 2.24 bits per heavy atom. The van der Waals surface area contributed by atoms with E-state index in [0.29, 0.717) is 18.3 Å². The molecule has 4 atom stereocenters. The Balaban J connectivity index is 1.34. The number of carbonyl (C=O) groups excluding carboxylic acids is 2. The molecule has 5 N–H and O–H groups in total. The molecule has 0 saturated heterocycles. The van der Waals surface area contributed by atoms with Crippen molar-refractivity contribution < 1.29 is 24.6 Å². The van der Waals surface area contributed by atoms with Crippen LogP contribution in [-0.2, 0) is 4.79 Å². The zero-order valence-electron chi connectivity index (χ0n) is 18.4. The molecule has 180 valence electrons. The van der Waals surface area contributed by atoms with Crippen LogP contribution in [0, 0.1) is 17.3 Å². The van der Waals surface area contributed by atoms with E-state index in [2.05, 4.69) is 16.0 Å². The molecule has 1 aromatic rings. The number of hydrogen-bond acceptors (Lipinski definition) is 4. The predicted molar refractivity (Wildman–Crippen MR) is 123 cm³/mol. The van der Waals surface area contributed by atoms with Crippen LogP contribution in [0.2, 0.25) is 10.0 Å². The van der Waals surface area contributed by atoms with E-state index < -0.39 is 29.6 Å². The molecule has 0 spiro atoms. The number of carbonyl (C=O) groups is 3. The van der Waals surface area contributed by atoms with Crippen LogP contribution in [0.4, 0.5) is 4.79 Å². The molecule has 4 saturated carbocycles. The highest BCUT2D eigenvalue weighted by molar-refractivity contribution is 6.39. The van der Waals surface area contributed by atoms with Crippen molar-refractivity contribution in [3.05, 3.63) is 33.8 Å². The standard InChI is InChI=1S/C23H29Cl2N3O5/c1-12(22-6-13-5-14(7-22)9-23(33,8-13)11-22)27-21(32)26-10-17(20(30)31)28-19(29)18-15(24)3-2-4-16(18)25/h2-4,12-14,17,33H,5-11H2,1H3,(H,28,29)(H,30,31)(H2,26,27,32)/t12?,13?,14?,17-,22?,23?/m0/s1. The molecule has 0 heterocycles. The van der Waals surface area contributed by atoms with Gasteiger partial charge >= 0.3 is 12.0 Å². The summed E-state index contributed by atoms with van der Waals surface area (Å²) in [5, 5.41) is 28.5. The lowest BCUT2D eigenvalue weighted by Crippen LogP contribution is -2.62. The van der Waals surface area contributed by atoms with Crippen LogP contribution in [0.3, 0.4) is 0 Å². The minimum absolute atomic E-state index is 0.0232. The number of urea groups is 1. The number of halogens is 2. The summed E-state index contributed by atoms with van der Waals surface area (Å²) in [5.74, 6) is -1.06. The van der Waals surface area contributed by atoms with Crippen molar-refractivity contribution in [1.82, 2.24) is 16.0 Å². The van der Waals surface area contributed by atoms with Crippen LogP contribution in [0.15, 0.2) is 18.2 Å². The van der Waals surface area contributed by atoms with Gasteiger partial charge in [0.1, 0.15) is 6.04 Å². The first kappa shape index (κ1) is 24.1. The summed E-state index contributed by atoms with van der Waals surface area (Å²) >= 11 is 12.0. The van der Waals surface area contributed by atoms with Gasteiger partial charge in [-0.3, -0.25) is 4.79 Å². The average molecular weight is 498 g/mol. The second-order valence-corrected chi connectivity index (χ2v) is 10.9.